The smallest absolute Gasteiger partial charge is 0.328 e. The lowest BCUT2D eigenvalue weighted by molar-refractivity contribution is 0.0919. The second-order valence-corrected chi connectivity index (χ2v) is 7.05. The summed E-state index contributed by atoms with van der Waals surface area (Å²) in [5, 5.41) is 13.1. The third kappa shape index (κ3) is 4.61. The molecular formula is C17H27ClN4O3. The summed E-state index contributed by atoms with van der Waals surface area (Å²) >= 11 is 6.17. The lowest BCUT2D eigenvalue weighted by atomic mass is 10.1. The van der Waals surface area contributed by atoms with Crippen LogP contribution in [0.2, 0.25) is 5.02 Å². The zero-order valence-electron chi connectivity index (χ0n) is 15.8. The Bertz CT molecular complexity index is 645. The van der Waals surface area contributed by atoms with Crippen molar-refractivity contribution >= 4 is 29.4 Å². The summed E-state index contributed by atoms with van der Waals surface area (Å²) < 4.78 is 0. The largest absolute Gasteiger partial charge is 0.371 e. The SMILES string of the molecule is CC.CC1C(O)N(c2cc(Cl)c(C(=O)NC(C)(C)C)cn2)C(=O)N1C. The summed E-state index contributed by atoms with van der Waals surface area (Å²) in [5.41, 5.74) is -0.189. The molecular weight excluding hydrogens is 344 g/mol. The average molecular weight is 371 g/mol. The van der Waals surface area contributed by atoms with Gasteiger partial charge in [-0.05, 0) is 27.7 Å². The van der Waals surface area contributed by atoms with Crippen molar-refractivity contribution in [1.82, 2.24) is 15.2 Å². The molecule has 2 heterocycles. The Kier molecular flexibility index (Phi) is 6.79. The minimum atomic E-state index is -1.02. The average Bonchev–Trinajstić information content (AvgIpc) is 2.71. The van der Waals surface area contributed by atoms with Crippen LogP contribution in [-0.2, 0) is 0 Å². The minimum absolute atomic E-state index is 0.166. The second-order valence-electron chi connectivity index (χ2n) is 6.64. The van der Waals surface area contributed by atoms with Gasteiger partial charge in [0.25, 0.3) is 5.91 Å². The number of amides is 3. The number of hydrogen-bond donors (Lipinski definition) is 2. The van der Waals surface area contributed by atoms with Gasteiger partial charge in [0.1, 0.15) is 5.82 Å². The van der Waals surface area contributed by atoms with Crippen molar-refractivity contribution in [2.75, 3.05) is 11.9 Å². The number of halogens is 1. The van der Waals surface area contributed by atoms with Gasteiger partial charge in [-0.25, -0.2) is 14.7 Å². The quantitative estimate of drug-likeness (QED) is 0.838. The van der Waals surface area contributed by atoms with Crippen LogP contribution in [0, 0.1) is 0 Å². The molecule has 1 aromatic rings. The van der Waals surface area contributed by atoms with Crippen molar-refractivity contribution in [2.24, 2.45) is 0 Å². The molecule has 1 aliphatic heterocycles. The number of aliphatic hydroxyl groups excluding tert-OH is 1. The van der Waals surface area contributed by atoms with Crippen LogP contribution >= 0.6 is 11.6 Å². The van der Waals surface area contributed by atoms with E-state index in [1.807, 2.05) is 34.6 Å². The van der Waals surface area contributed by atoms with E-state index in [1.54, 1.807) is 14.0 Å². The van der Waals surface area contributed by atoms with Crippen molar-refractivity contribution in [3.63, 3.8) is 0 Å². The molecule has 2 rings (SSSR count). The molecule has 1 aromatic heterocycles. The molecule has 7 nitrogen and oxygen atoms in total. The molecule has 2 atom stereocenters. The van der Waals surface area contributed by atoms with E-state index in [0.717, 1.165) is 4.90 Å². The van der Waals surface area contributed by atoms with Crippen LogP contribution in [-0.4, -0.2) is 51.8 Å². The lowest BCUT2D eigenvalue weighted by Gasteiger charge is -2.22. The van der Waals surface area contributed by atoms with Crippen LogP contribution in [0.3, 0.4) is 0 Å². The van der Waals surface area contributed by atoms with Gasteiger partial charge in [-0.3, -0.25) is 4.79 Å². The van der Waals surface area contributed by atoms with Crippen LogP contribution in [0.15, 0.2) is 12.3 Å². The molecule has 25 heavy (non-hydrogen) atoms. The molecule has 0 aromatic carbocycles. The Labute approximate surface area is 154 Å². The van der Waals surface area contributed by atoms with Crippen molar-refractivity contribution in [3.8, 4) is 0 Å². The van der Waals surface area contributed by atoms with E-state index in [1.165, 1.54) is 17.2 Å². The lowest BCUT2D eigenvalue weighted by Crippen LogP contribution is -2.41. The molecule has 0 aliphatic carbocycles. The summed E-state index contributed by atoms with van der Waals surface area (Å²) in [4.78, 5) is 31.0. The number of hydrogen-bond acceptors (Lipinski definition) is 4. The standard InChI is InChI=1S/C15H21ClN4O3.C2H6/c1-8-13(22)20(14(23)19(8)5)11-6-10(16)9(7-17-11)12(21)18-15(2,3)4;1-2/h6-8,13,22H,1-5H3,(H,18,21);1-2H3. The molecule has 1 fully saturated rings. The Morgan fingerprint density at radius 2 is 1.92 bits per heavy atom. The van der Waals surface area contributed by atoms with Gasteiger partial charge in [-0.15, -0.1) is 0 Å². The molecule has 0 radical (unpaired) electrons. The van der Waals surface area contributed by atoms with Crippen molar-refractivity contribution < 1.29 is 14.7 Å². The van der Waals surface area contributed by atoms with E-state index in [0.29, 0.717) is 0 Å². The molecule has 0 bridgehead atoms. The molecule has 3 amide bonds. The number of nitrogens with one attached hydrogen (secondary N) is 1. The molecule has 1 saturated heterocycles. The van der Waals surface area contributed by atoms with E-state index in [2.05, 4.69) is 10.3 Å². The predicted molar refractivity (Wildman–Crippen MR) is 98.9 cm³/mol. The maximum atomic E-state index is 12.2. The summed E-state index contributed by atoms with van der Waals surface area (Å²) in [6.45, 7) is 11.3. The highest BCUT2D eigenvalue weighted by atomic mass is 35.5. The van der Waals surface area contributed by atoms with Gasteiger partial charge in [-0.1, -0.05) is 25.4 Å². The molecule has 0 spiro atoms. The highest BCUT2D eigenvalue weighted by molar-refractivity contribution is 6.34. The van der Waals surface area contributed by atoms with Crippen LogP contribution in [0.5, 0.6) is 0 Å². The maximum Gasteiger partial charge on any atom is 0.328 e. The van der Waals surface area contributed by atoms with Gasteiger partial charge in [0.2, 0.25) is 0 Å². The number of aliphatic hydroxyl groups is 1. The first kappa shape index (κ1) is 21.2. The maximum absolute atomic E-state index is 12.2. The van der Waals surface area contributed by atoms with E-state index < -0.39 is 11.8 Å². The summed E-state index contributed by atoms with van der Waals surface area (Å²) in [7, 11) is 1.60. The van der Waals surface area contributed by atoms with Gasteiger partial charge >= 0.3 is 6.03 Å². The molecule has 140 valence electrons. The fraction of sp³-hybridized carbons (Fsp3) is 0.588. The zero-order valence-corrected chi connectivity index (χ0v) is 16.5. The zero-order chi connectivity index (χ0) is 19.5. The van der Waals surface area contributed by atoms with Crippen LogP contribution < -0.4 is 10.2 Å². The van der Waals surface area contributed by atoms with Crippen molar-refractivity contribution in [1.29, 1.82) is 0 Å². The molecule has 2 unspecified atom stereocenters. The third-order valence-corrected chi connectivity index (χ3v) is 3.95. The summed E-state index contributed by atoms with van der Waals surface area (Å²) in [6.07, 6.45) is 0.284. The first-order chi connectivity index (χ1) is 11.5. The Hall–Kier alpha value is -1.86. The molecule has 8 heteroatoms. The number of anilines is 1. The van der Waals surface area contributed by atoms with E-state index in [-0.39, 0.29) is 34.4 Å². The van der Waals surface area contributed by atoms with Gasteiger partial charge < -0.3 is 15.3 Å². The minimum Gasteiger partial charge on any atom is -0.371 e. The van der Waals surface area contributed by atoms with Gasteiger partial charge in [0.15, 0.2) is 6.23 Å². The first-order valence-corrected chi connectivity index (χ1v) is 8.63. The van der Waals surface area contributed by atoms with Crippen LogP contribution in [0.4, 0.5) is 10.6 Å². The number of pyridine rings is 1. The van der Waals surface area contributed by atoms with Crippen LogP contribution in [0.1, 0.15) is 51.9 Å². The fourth-order valence-corrected chi connectivity index (χ4v) is 2.47. The normalized spacial score (nSPS) is 20.3. The van der Waals surface area contributed by atoms with Gasteiger partial charge in [-0.2, -0.15) is 0 Å². The number of aromatic nitrogens is 1. The highest BCUT2D eigenvalue weighted by Gasteiger charge is 2.42. The number of nitrogens with zero attached hydrogens (tertiary/aromatic N) is 3. The Morgan fingerprint density at radius 3 is 2.32 bits per heavy atom. The van der Waals surface area contributed by atoms with Gasteiger partial charge in [0.05, 0.1) is 16.6 Å². The van der Waals surface area contributed by atoms with Crippen molar-refractivity contribution in [3.05, 3.63) is 22.8 Å². The molecule has 1 aliphatic rings. The summed E-state index contributed by atoms with van der Waals surface area (Å²) in [6, 6.07) is 0.666. The topological polar surface area (TPSA) is 85.8 Å². The third-order valence-electron chi connectivity index (χ3n) is 3.63. The van der Waals surface area contributed by atoms with Crippen LogP contribution in [0.25, 0.3) is 0 Å². The predicted octanol–water partition coefficient (Wildman–Crippen LogP) is 2.87. The second kappa shape index (κ2) is 8.01. The monoisotopic (exact) mass is 370 g/mol. The fourth-order valence-electron chi connectivity index (χ4n) is 2.23. The number of rotatable bonds is 2. The molecule has 2 N–H and O–H groups in total. The van der Waals surface area contributed by atoms with E-state index in [4.69, 9.17) is 11.6 Å². The van der Waals surface area contributed by atoms with E-state index in [9.17, 15) is 14.7 Å². The summed E-state index contributed by atoms with van der Waals surface area (Å²) in [5.74, 6) is -0.142. The van der Waals surface area contributed by atoms with Gasteiger partial charge in [0, 0.05) is 24.8 Å². The van der Waals surface area contributed by atoms with Crippen molar-refractivity contribution in [2.45, 2.75) is 59.4 Å². The first-order valence-electron chi connectivity index (χ1n) is 8.25. The van der Waals surface area contributed by atoms with E-state index >= 15 is 0 Å². The Balaban J connectivity index is 0.00000151. The Morgan fingerprint density at radius 1 is 1.36 bits per heavy atom. The highest BCUT2D eigenvalue weighted by Crippen LogP contribution is 2.28. The number of carbonyl (C=O) groups is 2. The number of likely N-dealkylation sites (N-methyl/N-ethyl adjacent to an activating group) is 1. The number of urea groups is 1. The number of carbonyl (C=O) groups excluding carboxylic acids is 2. The molecule has 0 saturated carbocycles.